The van der Waals surface area contributed by atoms with Gasteiger partial charge in [-0.2, -0.15) is 0 Å². The number of hydrogen-bond acceptors (Lipinski definition) is 5. The minimum absolute atomic E-state index is 0.189. The lowest BCUT2D eigenvalue weighted by molar-refractivity contribution is -0.00514. The molecule has 4 nitrogen and oxygen atoms in total. The third kappa shape index (κ3) is 4.06. The molecule has 1 saturated heterocycles. The zero-order valence-electron chi connectivity index (χ0n) is 11.7. The summed E-state index contributed by atoms with van der Waals surface area (Å²) in [5.74, 6) is -0.189. The first-order chi connectivity index (χ1) is 10.3. The Labute approximate surface area is 127 Å². The Morgan fingerprint density at radius 1 is 1.29 bits per heavy atom. The Balaban J connectivity index is 1.43. The lowest BCUT2D eigenvalue weighted by Gasteiger charge is -2.31. The van der Waals surface area contributed by atoms with Gasteiger partial charge in [0.2, 0.25) is 0 Å². The van der Waals surface area contributed by atoms with E-state index in [1.165, 1.54) is 17.6 Å². The van der Waals surface area contributed by atoms with Crippen LogP contribution >= 0.6 is 11.5 Å². The number of ether oxygens (including phenoxy) is 1. The van der Waals surface area contributed by atoms with Gasteiger partial charge < -0.3 is 4.74 Å². The average Bonchev–Trinajstić information content (AvgIpc) is 3.01. The fourth-order valence-corrected chi connectivity index (χ4v) is 2.98. The highest BCUT2D eigenvalue weighted by molar-refractivity contribution is 7.03. The third-order valence-corrected chi connectivity index (χ3v) is 4.31. The summed E-state index contributed by atoms with van der Waals surface area (Å²) in [6, 6.07) is 6.79. The molecule has 112 valence electrons. The summed E-state index contributed by atoms with van der Waals surface area (Å²) < 4.78 is 23.2. The smallest absolute Gasteiger partial charge is 0.128 e. The largest absolute Gasteiger partial charge is 0.373 e. The Morgan fingerprint density at radius 2 is 2.10 bits per heavy atom. The monoisotopic (exact) mass is 307 g/mol. The minimum atomic E-state index is -0.189. The molecule has 0 atom stereocenters. The van der Waals surface area contributed by atoms with Crippen molar-refractivity contribution in [1.29, 1.82) is 0 Å². The lowest BCUT2D eigenvalue weighted by atomic mass is 10.1. The summed E-state index contributed by atoms with van der Waals surface area (Å²) in [6.45, 7) is 3.18. The molecule has 2 aromatic rings. The average molecular weight is 307 g/mol. The van der Waals surface area contributed by atoms with Gasteiger partial charge in [0.25, 0.3) is 0 Å². The van der Waals surface area contributed by atoms with E-state index in [4.69, 9.17) is 4.74 Å². The molecule has 0 radical (unpaired) electrons. The highest BCUT2D eigenvalue weighted by Gasteiger charge is 2.20. The van der Waals surface area contributed by atoms with E-state index in [-0.39, 0.29) is 11.9 Å². The first-order valence-electron chi connectivity index (χ1n) is 7.14. The molecule has 0 amide bonds. The van der Waals surface area contributed by atoms with Gasteiger partial charge in [-0.3, -0.25) is 4.90 Å². The molecule has 3 rings (SSSR count). The maximum absolute atomic E-state index is 13.5. The molecule has 1 aliphatic heterocycles. The zero-order chi connectivity index (χ0) is 14.5. The summed E-state index contributed by atoms with van der Waals surface area (Å²) in [4.78, 5) is 2.36. The van der Waals surface area contributed by atoms with Gasteiger partial charge in [-0.1, -0.05) is 22.7 Å². The van der Waals surface area contributed by atoms with Gasteiger partial charge in [-0.05, 0) is 30.4 Å². The van der Waals surface area contributed by atoms with E-state index in [9.17, 15) is 4.39 Å². The first kappa shape index (κ1) is 14.6. The van der Waals surface area contributed by atoms with Crippen LogP contribution in [0.4, 0.5) is 4.39 Å². The quantitative estimate of drug-likeness (QED) is 0.851. The predicted octanol–water partition coefficient (Wildman–Crippen LogP) is 2.86. The molecule has 6 heteroatoms. The maximum Gasteiger partial charge on any atom is 0.128 e. The van der Waals surface area contributed by atoms with E-state index in [1.54, 1.807) is 12.1 Å². The van der Waals surface area contributed by atoms with Gasteiger partial charge in [-0.15, -0.1) is 5.10 Å². The van der Waals surface area contributed by atoms with Crippen LogP contribution in [0.3, 0.4) is 0 Å². The molecule has 1 aromatic carbocycles. The van der Waals surface area contributed by atoms with Gasteiger partial charge in [0.1, 0.15) is 5.82 Å². The van der Waals surface area contributed by atoms with Crippen molar-refractivity contribution in [2.24, 2.45) is 0 Å². The molecule has 0 spiro atoms. The normalized spacial score (nSPS) is 17.2. The molecule has 1 aliphatic rings. The second kappa shape index (κ2) is 7.06. The highest BCUT2D eigenvalue weighted by Crippen LogP contribution is 2.18. The Morgan fingerprint density at radius 3 is 2.81 bits per heavy atom. The van der Waals surface area contributed by atoms with Gasteiger partial charge in [0.15, 0.2) is 0 Å². The van der Waals surface area contributed by atoms with Gasteiger partial charge in [-0.25, -0.2) is 4.39 Å². The van der Waals surface area contributed by atoms with Gasteiger partial charge >= 0.3 is 0 Å². The van der Waals surface area contributed by atoms with E-state index >= 15 is 0 Å². The molecule has 0 bridgehead atoms. The van der Waals surface area contributed by atoms with E-state index in [0.29, 0.717) is 12.2 Å². The van der Waals surface area contributed by atoms with Crippen LogP contribution in [-0.2, 0) is 17.9 Å². The van der Waals surface area contributed by atoms with Crippen LogP contribution < -0.4 is 0 Å². The summed E-state index contributed by atoms with van der Waals surface area (Å²) in [6.07, 6.45) is 2.17. The van der Waals surface area contributed by atoms with Crippen LogP contribution in [0.15, 0.2) is 29.6 Å². The highest BCUT2D eigenvalue weighted by atomic mass is 32.1. The van der Waals surface area contributed by atoms with Crippen molar-refractivity contribution in [1.82, 2.24) is 14.5 Å². The van der Waals surface area contributed by atoms with Crippen molar-refractivity contribution in [2.75, 3.05) is 13.1 Å². The fourth-order valence-electron chi connectivity index (χ4n) is 2.54. The van der Waals surface area contributed by atoms with Crippen LogP contribution in [0, 0.1) is 5.82 Å². The van der Waals surface area contributed by atoms with Crippen LogP contribution in [-0.4, -0.2) is 33.7 Å². The molecule has 0 unspecified atom stereocenters. The summed E-state index contributed by atoms with van der Waals surface area (Å²) >= 11 is 1.39. The van der Waals surface area contributed by atoms with Crippen molar-refractivity contribution in [2.45, 2.75) is 32.1 Å². The maximum atomic E-state index is 13.5. The van der Waals surface area contributed by atoms with E-state index in [1.807, 2.05) is 11.4 Å². The second-order valence-corrected chi connectivity index (χ2v) is 5.88. The summed E-state index contributed by atoms with van der Waals surface area (Å²) in [5.41, 5.74) is 1.67. The molecule has 1 fully saturated rings. The molecule has 2 heterocycles. The van der Waals surface area contributed by atoms with Gasteiger partial charge in [0, 0.05) is 30.6 Å². The topological polar surface area (TPSA) is 38.2 Å². The number of rotatable bonds is 5. The van der Waals surface area contributed by atoms with Crippen molar-refractivity contribution in [3.63, 3.8) is 0 Å². The Bertz CT molecular complexity index is 556. The third-order valence-electron chi connectivity index (χ3n) is 3.76. The first-order valence-corrected chi connectivity index (χ1v) is 7.98. The van der Waals surface area contributed by atoms with E-state index < -0.39 is 0 Å². The number of nitrogens with zero attached hydrogens (tertiary/aromatic N) is 3. The number of halogens is 1. The molecule has 0 N–H and O–H groups in total. The van der Waals surface area contributed by atoms with Crippen LogP contribution in [0.25, 0.3) is 0 Å². The predicted molar refractivity (Wildman–Crippen MR) is 79.4 cm³/mol. The molecule has 1 aromatic heterocycles. The summed E-state index contributed by atoms with van der Waals surface area (Å²) in [7, 11) is 0. The number of benzene rings is 1. The molecular weight excluding hydrogens is 289 g/mol. The fraction of sp³-hybridized carbons (Fsp3) is 0.467. The van der Waals surface area contributed by atoms with Crippen molar-refractivity contribution >= 4 is 11.5 Å². The van der Waals surface area contributed by atoms with E-state index in [0.717, 1.165) is 38.2 Å². The molecule has 21 heavy (non-hydrogen) atoms. The number of aromatic nitrogens is 2. The van der Waals surface area contributed by atoms with Gasteiger partial charge in [0.05, 0.1) is 18.4 Å². The van der Waals surface area contributed by atoms with Crippen molar-refractivity contribution in [3.8, 4) is 0 Å². The van der Waals surface area contributed by atoms with Crippen LogP contribution in [0.2, 0.25) is 0 Å². The zero-order valence-corrected chi connectivity index (χ0v) is 12.6. The summed E-state index contributed by atoms with van der Waals surface area (Å²) in [5, 5.41) is 6.06. The molecular formula is C15H18FN3OS. The standard InChI is InChI=1S/C15H18FN3OS/c16-15-4-2-1-3-12(15)10-20-14-5-7-19(8-6-14)9-13-11-21-18-17-13/h1-4,11,14H,5-10H2. The number of piperidine rings is 1. The molecule has 0 aliphatic carbocycles. The van der Waals surface area contributed by atoms with Crippen LogP contribution in [0.5, 0.6) is 0 Å². The Hall–Kier alpha value is -1.37. The lowest BCUT2D eigenvalue weighted by Crippen LogP contribution is -2.36. The molecule has 0 saturated carbocycles. The second-order valence-electron chi connectivity index (χ2n) is 5.27. The van der Waals surface area contributed by atoms with E-state index in [2.05, 4.69) is 14.5 Å². The number of hydrogen-bond donors (Lipinski definition) is 0. The van der Waals surface area contributed by atoms with Crippen molar-refractivity contribution < 1.29 is 9.13 Å². The number of likely N-dealkylation sites (tertiary alicyclic amines) is 1. The Kier molecular flexibility index (Phi) is 4.90. The van der Waals surface area contributed by atoms with Crippen molar-refractivity contribution in [3.05, 3.63) is 46.7 Å². The van der Waals surface area contributed by atoms with Crippen LogP contribution in [0.1, 0.15) is 24.1 Å². The SMILES string of the molecule is Fc1ccccc1COC1CCN(Cc2csnn2)CC1. The minimum Gasteiger partial charge on any atom is -0.373 e.